The number of ether oxygens (including phenoxy) is 1. The van der Waals surface area contributed by atoms with Crippen LogP contribution in [0.15, 0.2) is 59.5 Å². The molecular weight excluding hydrogens is 566 g/mol. The number of thioether (sulfide) groups is 2. The molecule has 4 rings (SSSR count). The second-order valence-electron chi connectivity index (χ2n) is 10.2. The average Bonchev–Trinajstić information content (AvgIpc) is 3.37. The van der Waals surface area contributed by atoms with Crippen LogP contribution >= 0.6 is 23.5 Å². The summed E-state index contributed by atoms with van der Waals surface area (Å²) >= 11 is 1.34. The third kappa shape index (κ3) is 7.63. The molecule has 2 N–H and O–H groups in total. The Kier molecular flexibility index (Phi) is 9.24. The van der Waals surface area contributed by atoms with E-state index in [9.17, 15) is 32.3 Å². The van der Waals surface area contributed by atoms with Gasteiger partial charge in [-0.25, -0.2) is 9.18 Å². The molecule has 0 aromatic heterocycles. The predicted octanol–water partition coefficient (Wildman–Crippen LogP) is 7.81. The van der Waals surface area contributed by atoms with E-state index in [0.717, 1.165) is 25.7 Å². The van der Waals surface area contributed by atoms with Crippen molar-refractivity contribution in [2.45, 2.75) is 72.6 Å². The van der Waals surface area contributed by atoms with Crippen molar-refractivity contribution in [1.29, 1.82) is 0 Å². The largest absolute Gasteiger partial charge is 0.487 e. The van der Waals surface area contributed by atoms with Crippen molar-refractivity contribution in [2.75, 3.05) is 0 Å². The number of aliphatic carboxylic acids is 1. The summed E-state index contributed by atoms with van der Waals surface area (Å²) in [5.41, 5.74) is -3.79. The first-order valence-electron chi connectivity index (χ1n) is 12.7. The molecule has 0 bridgehead atoms. The minimum Gasteiger partial charge on any atom is -0.487 e. The molecule has 1 amide bonds. The van der Waals surface area contributed by atoms with Gasteiger partial charge in [0, 0.05) is 20.3 Å². The Labute approximate surface area is 238 Å². The number of hydrogen-bond donors (Lipinski definition) is 2. The summed E-state index contributed by atoms with van der Waals surface area (Å²) in [6, 6.07) is 11.4. The van der Waals surface area contributed by atoms with Gasteiger partial charge in [-0.1, -0.05) is 31.0 Å². The monoisotopic (exact) mass is 595 g/mol. The molecule has 1 saturated carbocycles. The van der Waals surface area contributed by atoms with Crippen molar-refractivity contribution in [3.05, 3.63) is 71.5 Å². The van der Waals surface area contributed by atoms with Crippen LogP contribution in [0.3, 0.4) is 0 Å². The lowest BCUT2D eigenvalue weighted by Crippen LogP contribution is -2.53. The predicted molar refractivity (Wildman–Crippen MR) is 149 cm³/mol. The number of carboxylic acid groups (broad SMARTS) is 1. The number of fused-ring (bicyclic) bond motifs is 1. The van der Waals surface area contributed by atoms with Crippen molar-refractivity contribution in [1.82, 2.24) is 5.32 Å². The number of benzene rings is 3. The third-order valence-electron chi connectivity index (χ3n) is 6.71. The molecule has 214 valence electrons. The quantitative estimate of drug-likeness (QED) is 0.184. The van der Waals surface area contributed by atoms with E-state index in [1.165, 1.54) is 48.5 Å². The van der Waals surface area contributed by atoms with Gasteiger partial charge in [0.15, 0.2) is 0 Å². The van der Waals surface area contributed by atoms with E-state index >= 15 is 0 Å². The van der Waals surface area contributed by atoms with Crippen LogP contribution in [0.1, 0.15) is 55.5 Å². The lowest BCUT2D eigenvalue weighted by atomic mass is 10.0. The van der Waals surface area contributed by atoms with Gasteiger partial charge >= 0.3 is 11.5 Å². The first kappa shape index (κ1) is 30.0. The van der Waals surface area contributed by atoms with Gasteiger partial charge in [0.25, 0.3) is 5.91 Å². The van der Waals surface area contributed by atoms with Crippen molar-refractivity contribution in [3.63, 3.8) is 0 Å². The standard InChI is InChI=1S/C29H29F4NO4S2/c1-28(2,39-20-5-3-4-6-20)25(27(36)37)34-26(35)23-13-9-18-15-19(30)10-14-22(18)24(23)38-16-17-7-11-21(12-8-17)40-29(31,32)33/h7-15,20,25H,3-6,16H2,1-2H3,(H,34,35)(H,36,37). The average molecular weight is 596 g/mol. The van der Waals surface area contributed by atoms with Crippen LogP contribution in [0.25, 0.3) is 10.8 Å². The van der Waals surface area contributed by atoms with Gasteiger partial charge in [-0.15, -0.1) is 11.8 Å². The van der Waals surface area contributed by atoms with Gasteiger partial charge in [-0.3, -0.25) is 4.79 Å². The number of alkyl halides is 3. The number of amides is 1. The highest BCUT2D eigenvalue weighted by atomic mass is 32.2. The molecule has 40 heavy (non-hydrogen) atoms. The summed E-state index contributed by atoms with van der Waals surface area (Å²) in [5.74, 6) is -2.18. The molecule has 0 aliphatic heterocycles. The molecule has 5 nitrogen and oxygen atoms in total. The molecule has 0 heterocycles. The molecule has 3 aromatic carbocycles. The van der Waals surface area contributed by atoms with Crippen LogP contribution in [0, 0.1) is 5.82 Å². The van der Waals surface area contributed by atoms with E-state index in [4.69, 9.17) is 4.74 Å². The summed E-state index contributed by atoms with van der Waals surface area (Å²) in [6.07, 6.45) is 4.20. The maximum absolute atomic E-state index is 13.9. The molecule has 3 aromatic rings. The van der Waals surface area contributed by atoms with Gasteiger partial charge in [-0.2, -0.15) is 13.2 Å². The van der Waals surface area contributed by atoms with Gasteiger partial charge in [0.2, 0.25) is 0 Å². The highest BCUT2D eigenvalue weighted by molar-refractivity contribution is 8.01. The van der Waals surface area contributed by atoms with Crippen molar-refractivity contribution in [3.8, 4) is 5.75 Å². The topological polar surface area (TPSA) is 75.6 Å². The number of nitrogens with one attached hydrogen (secondary N) is 1. The minimum atomic E-state index is -4.41. The number of rotatable bonds is 10. The SMILES string of the molecule is CC(C)(SC1CCCC1)C(NC(=O)c1ccc2cc(F)ccc2c1OCc1ccc(SC(F)(F)F)cc1)C(=O)O. The van der Waals surface area contributed by atoms with Crippen molar-refractivity contribution >= 4 is 46.2 Å². The van der Waals surface area contributed by atoms with E-state index < -0.39 is 34.0 Å². The smallest absolute Gasteiger partial charge is 0.446 e. The number of carbonyl (C=O) groups is 2. The number of carboxylic acids is 1. The van der Waals surface area contributed by atoms with Gasteiger partial charge in [0.05, 0.1) is 5.56 Å². The molecule has 0 radical (unpaired) electrons. The van der Waals surface area contributed by atoms with Crippen LogP contribution < -0.4 is 10.1 Å². The van der Waals surface area contributed by atoms with Gasteiger partial charge in [0.1, 0.15) is 24.2 Å². The Morgan fingerprint density at radius 3 is 2.35 bits per heavy atom. The lowest BCUT2D eigenvalue weighted by molar-refractivity contribution is -0.139. The Morgan fingerprint density at radius 2 is 1.73 bits per heavy atom. The molecule has 0 spiro atoms. The second-order valence-corrected chi connectivity index (χ2v) is 13.3. The van der Waals surface area contributed by atoms with E-state index in [-0.39, 0.29) is 34.6 Å². The van der Waals surface area contributed by atoms with Crippen LogP contribution in [-0.4, -0.2) is 38.5 Å². The Hall–Kier alpha value is -2.92. The number of hydrogen-bond acceptors (Lipinski definition) is 5. The molecule has 1 aliphatic rings. The first-order valence-corrected chi connectivity index (χ1v) is 14.4. The molecular formula is C29H29F4NO4S2. The van der Waals surface area contributed by atoms with E-state index in [1.807, 2.05) is 0 Å². The maximum atomic E-state index is 13.9. The molecule has 1 unspecified atom stereocenters. The highest BCUT2D eigenvalue weighted by Gasteiger charge is 2.40. The van der Waals surface area contributed by atoms with Gasteiger partial charge in [-0.05, 0) is 85.8 Å². The zero-order valence-electron chi connectivity index (χ0n) is 21.9. The van der Waals surface area contributed by atoms with Crippen LogP contribution in [0.5, 0.6) is 5.75 Å². The van der Waals surface area contributed by atoms with Crippen LogP contribution in [0.4, 0.5) is 17.6 Å². The van der Waals surface area contributed by atoms with Gasteiger partial charge < -0.3 is 15.2 Å². The Balaban J connectivity index is 1.60. The third-order valence-corrected chi connectivity index (χ3v) is 9.09. The van der Waals surface area contributed by atoms with Crippen LogP contribution in [0.2, 0.25) is 0 Å². The zero-order valence-corrected chi connectivity index (χ0v) is 23.5. The summed E-state index contributed by atoms with van der Waals surface area (Å²) < 4.78 is 57.1. The maximum Gasteiger partial charge on any atom is 0.446 e. The summed E-state index contributed by atoms with van der Waals surface area (Å²) in [7, 11) is 0. The minimum absolute atomic E-state index is 0.0229. The summed E-state index contributed by atoms with van der Waals surface area (Å²) in [6.45, 7) is 3.52. The van der Waals surface area contributed by atoms with E-state index in [1.54, 1.807) is 31.7 Å². The van der Waals surface area contributed by atoms with Crippen LogP contribution in [-0.2, 0) is 11.4 Å². The molecule has 11 heteroatoms. The fourth-order valence-corrected chi connectivity index (χ4v) is 7.06. The first-order chi connectivity index (χ1) is 18.8. The number of carbonyl (C=O) groups excluding carboxylic acids is 1. The second kappa shape index (κ2) is 12.3. The molecule has 1 aliphatic carbocycles. The normalized spacial score (nSPS) is 15.2. The molecule has 1 fully saturated rings. The van der Waals surface area contributed by atoms with Crippen molar-refractivity contribution < 1.29 is 37.0 Å². The Bertz CT molecular complexity index is 1370. The lowest BCUT2D eigenvalue weighted by Gasteiger charge is -2.33. The van der Waals surface area contributed by atoms with E-state index in [0.29, 0.717) is 21.6 Å². The summed E-state index contributed by atoms with van der Waals surface area (Å²) in [5, 5.41) is 13.9. The van der Waals surface area contributed by atoms with E-state index in [2.05, 4.69) is 5.32 Å². The Morgan fingerprint density at radius 1 is 1.05 bits per heavy atom. The summed E-state index contributed by atoms with van der Waals surface area (Å²) in [4.78, 5) is 25.8. The molecule has 1 atom stereocenters. The zero-order chi connectivity index (χ0) is 29.1. The molecule has 0 saturated heterocycles. The highest BCUT2D eigenvalue weighted by Crippen LogP contribution is 2.40. The number of halogens is 4. The van der Waals surface area contributed by atoms with Crippen molar-refractivity contribution in [2.24, 2.45) is 0 Å². The fraction of sp³-hybridized carbons (Fsp3) is 0.379. The fourth-order valence-electron chi connectivity index (χ4n) is 4.79.